The maximum absolute atomic E-state index is 12.7. The molecule has 0 spiro atoms. The van der Waals surface area contributed by atoms with E-state index in [1.807, 2.05) is 0 Å². The van der Waals surface area contributed by atoms with Crippen LogP contribution < -0.4 is 5.43 Å². The maximum Gasteiger partial charge on any atom is 0.300 e. The maximum atomic E-state index is 12.7. The number of hydrazine groups is 1. The second-order valence-electron chi connectivity index (χ2n) is 6.83. The van der Waals surface area contributed by atoms with E-state index >= 15 is 0 Å². The summed E-state index contributed by atoms with van der Waals surface area (Å²) < 4.78 is 0. The minimum absolute atomic E-state index is 0.118. The summed E-state index contributed by atoms with van der Waals surface area (Å²) in [5.41, 5.74) is 1.58. The number of hydrogen-bond acceptors (Lipinski definition) is 9. The van der Waals surface area contributed by atoms with Crippen molar-refractivity contribution >= 4 is 28.9 Å². The van der Waals surface area contributed by atoms with Crippen molar-refractivity contribution in [2.45, 2.75) is 25.1 Å². The Balaban J connectivity index is 2.07. The van der Waals surface area contributed by atoms with E-state index in [4.69, 9.17) is 0 Å². The zero-order valence-corrected chi connectivity index (χ0v) is 16.0. The van der Waals surface area contributed by atoms with Crippen molar-refractivity contribution in [2.75, 3.05) is 12.5 Å². The van der Waals surface area contributed by atoms with Gasteiger partial charge in [0.1, 0.15) is 11.7 Å². The molecule has 2 amide bonds. The zero-order valence-electron chi connectivity index (χ0n) is 16.0. The first-order valence-corrected chi connectivity index (χ1v) is 8.95. The molecule has 2 aliphatic heterocycles. The van der Waals surface area contributed by atoms with Gasteiger partial charge in [-0.1, -0.05) is 24.3 Å². The molecule has 0 radical (unpaired) electrons. The van der Waals surface area contributed by atoms with Gasteiger partial charge < -0.3 is 10.5 Å². The van der Waals surface area contributed by atoms with Crippen LogP contribution in [-0.2, 0) is 9.59 Å². The van der Waals surface area contributed by atoms with Gasteiger partial charge in [-0.3, -0.25) is 34.7 Å². The number of nitro groups is 2. The van der Waals surface area contributed by atoms with Gasteiger partial charge >= 0.3 is 5.69 Å². The summed E-state index contributed by atoms with van der Waals surface area (Å²) in [6, 6.07) is 1.14. The number of amides is 2. The fourth-order valence-electron chi connectivity index (χ4n) is 3.56. The number of benzene rings is 1. The Kier molecular flexibility index (Phi) is 5.62. The third kappa shape index (κ3) is 3.53. The number of carbonyl (C=O) groups excluding carboxylic acids is 2. The van der Waals surface area contributed by atoms with Gasteiger partial charge in [-0.05, 0) is 13.0 Å². The number of aliphatic hydroxyl groups is 1. The molecule has 0 bridgehead atoms. The molecule has 0 saturated carbocycles. The van der Waals surface area contributed by atoms with Crippen LogP contribution in [-0.4, -0.2) is 61.9 Å². The molecule has 158 valence electrons. The predicted octanol–water partition coefficient (Wildman–Crippen LogP) is 0.991. The third-order valence-electron chi connectivity index (χ3n) is 5.05. The van der Waals surface area contributed by atoms with Gasteiger partial charge in [0.25, 0.3) is 5.69 Å². The summed E-state index contributed by atoms with van der Waals surface area (Å²) in [4.78, 5) is 46.9. The Hall–Kier alpha value is -3.64. The molecule has 1 fully saturated rings. The molecule has 4 atom stereocenters. The highest BCUT2D eigenvalue weighted by Gasteiger charge is 2.52. The Bertz CT molecular complexity index is 976. The molecule has 12 nitrogen and oxygen atoms in total. The van der Waals surface area contributed by atoms with Crippen LogP contribution in [0.25, 0.3) is 0 Å². The first-order chi connectivity index (χ1) is 14.2. The minimum atomic E-state index is -1.09. The number of nitrogens with zero attached hydrogens (tertiary/aromatic N) is 4. The van der Waals surface area contributed by atoms with Crippen LogP contribution >= 0.6 is 0 Å². The highest BCUT2D eigenvalue weighted by molar-refractivity contribution is 6.08. The van der Waals surface area contributed by atoms with E-state index in [9.17, 15) is 34.9 Å². The van der Waals surface area contributed by atoms with Gasteiger partial charge in [0.2, 0.25) is 11.8 Å². The lowest BCUT2D eigenvalue weighted by molar-refractivity contribution is -0.393. The molecule has 0 aromatic heterocycles. The first kappa shape index (κ1) is 21.1. The summed E-state index contributed by atoms with van der Waals surface area (Å²) in [5, 5.41) is 34.2. The number of likely N-dealkylation sites (tertiary alicyclic amines) is 1. The Morgan fingerprint density at radius 2 is 1.87 bits per heavy atom. The third-order valence-corrected chi connectivity index (χ3v) is 5.05. The summed E-state index contributed by atoms with van der Waals surface area (Å²) in [6.07, 6.45) is 5.06. The van der Waals surface area contributed by atoms with Crippen LogP contribution in [0, 0.1) is 26.1 Å². The molecule has 1 aromatic rings. The molecule has 0 aliphatic carbocycles. The average molecular weight is 417 g/mol. The van der Waals surface area contributed by atoms with Crippen molar-refractivity contribution in [1.29, 1.82) is 0 Å². The molecule has 2 heterocycles. The van der Waals surface area contributed by atoms with Crippen molar-refractivity contribution in [3.8, 4) is 0 Å². The van der Waals surface area contributed by atoms with E-state index in [0.29, 0.717) is 0 Å². The van der Waals surface area contributed by atoms with E-state index in [-0.39, 0.29) is 5.69 Å². The molecular formula is C18H19N5O7. The lowest BCUT2D eigenvalue weighted by Gasteiger charge is -2.39. The van der Waals surface area contributed by atoms with Crippen LogP contribution in [0.3, 0.4) is 0 Å². The molecule has 1 saturated heterocycles. The smallest absolute Gasteiger partial charge is 0.300 e. The number of fused-ring (bicyclic) bond motifs is 1. The number of carbonyl (C=O) groups is 2. The minimum Gasteiger partial charge on any atom is -0.387 e. The van der Waals surface area contributed by atoms with E-state index in [1.54, 1.807) is 19.1 Å². The lowest BCUT2D eigenvalue weighted by atomic mass is 9.92. The number of anilines is 1. The van der Waals surface area contributed by atoms with Crippen molar-refractivity contribution < 1.29 is 24.5 Å². The monoisotopic (exact) mass is 417 g/mol. The van der Waals surface area contributed by atoms with Crippen LogP contribution in [0.4, 0.5) is 17.1 Å². The van der Waals surface area contributed by atoms with E-state index in [0.717, 1.165) is 23.1 Å². The van der Waals surface area contributed by atoms with Crippen LogP contribution in [0.5, 0.6) is 0 Å². The number of nitrogens with one attached hydrogen (secondary N) is 1. The zero-order chi connectivity index (χ0) is 22.2. The second-order valence-corrected chi connectivity index (χ2v) is 6.83. The molecule has 2 N–H and O–H groups in total. The number of allylic oxidation sites excluding steroid dienone is 1. The summed E-state index contributed by atoms with van der Waals surface area (Å²) in [6.45, 7) is 1.69. The highest BCUT2D eigenvalue weighted by atomic mass is 16.6. The summed E-state index contributed by atoms with van der Waals surface area (Å²) in [7, 11) is 1.33. The van der Waals surface area contributed by atoms with Crippen LogP contribution in [0.2, 0.25) is 0 Å². The van der Waals surface area contributed by atoms with Crippen LogP contribution in [0.1, 0.15) is 6.92 Å². The molecule has 3 rings (SSSR count). The largest absolute Gasteiger partial charge is 0.387 e. The second kappa shape index (κ2) is 8.00. The number of likely N-dealkylation sites (N-methyl/N-ethyl adjacent to an activating group) is 1. The molecule has 4 unspecified atom stereocenters. The number of nitro benzene ring substituents is 2. The topological polar surface area (TPSA) is 159 Å². The SMILES string of the molecule is CC=CC(O)C1C=CC2C(=O)N(C)C(=O)C2N1Nc1ccc([N+](=O)[O-])cc1[N+](=O)[O-]. The van der Waals surface area contributed by atoms with E-state index in [1.165, 1.54) is 24.2 Å². The molecule has 2 aliphatic rings. The van der Waals surface area contributed by atoms with Gasteiger partial charge in [0.15, 0.2) is 0 Å². The van der Waals surface area contributed by atoms with E-state index < -0.39 is 57.1 Å². The Morgan fingerprint density at radius 1 is 1.17 bits per heavy atom. The van der Waals surface area contributed by atoms with Gasteiger partial charge in [-0.25, -0.2) is 5.01 Å². The predicted molar refractivity (Wildman–Crippen MR) is 104 cm³/mol. The highest BCUT2D eigenvalue weighted by Crippen LogP contribution is 2.35. The number of non-ortho nitro benzene ring substituents is 1. The fraction of sp³-hybridized carbons (Fsp3) is 0.333. The van der Waals surface area contributed by atoms with Gasteiger partial charge in [0, 0.05) is 13.1 Å². The molecule has 1 aromatic carbocycles. The number of rotatable bonds is 6. The number of hydrogen-bond donors (Lipinski definition) is 2. The van der Waals surface area contributed by atoms with Crippen molar-refractivity contribution in [3.05, 3.63) is 62.7 Å². The molecular weight excluding hydrogens is 398 g/mol. The molecule has 30 heavy (non-hydrogen) atoms. The summed E-state index contributed by atoms with van der Waals surface area (Å²) >= 11 is 0. The van der Waals surface area contributed by atoms with Gasteiger partial charge in [0.05, 0.1) is 34.0 Å². The first-order valence-electron chi connectivity index (χ1n) is 8.95. The van der Waals surface area contributed by atoms with Crippen LogP contribution in [0.15, 0.2) is 42.5 Å². The van der Waals surface area contributed by atoms with E-state index in [2.05, 4.69) is 5.43 Å². The summed E-state index contributed by atoms with van der Waals surface area (Å²) in [5.74, 6) is -1.81. The quantitative estimate of drug-likeness (QED) is 0.298. The normalized spacial score (nSPS) is 24.9. The lowest BCUT2D eigenvalue weighted by Crippen LogP contribution is -2.57. The van der Waals surface area contributed by atoms with Crippen molar-refractivity contribution in [1.82, 2.24) is 9.91 Å². The Morgan fingerprint density at radius 3 is 2.47 bits per heavy atom. The van der Waals surface area contributed by atoms with Gasteiger partial charge in [-0.15, -0.1) is 0 Å². The fourth-order valence-corrected chi connectivity index (χ4v) is 3.56. The average Bonchev–Trinajstić information content (AvgIpc) is 2.92. The Labute approximate surface area is 170 Å². The standard InChI is InChI=1S/C18H19N5O7/c1-3-4-15(24)13-8-6-11-16(18(26)20(2)17(11)25)21(13)19-12-7-5-10(22(27)28)9-14(12)23(29)30/h3-9,11,13,15-16,19,24H,1-2H3. The number of aliphatic hydroxyl groups excluding tert-OH is 1. The van der Waals surface area contributed by atoms with Crippen molar-refractivity contribution in [3.63, 3.8) is 0 Å². The van der Waals surface area contributed by atoms with Gasteiger partial charge in [-0.2, -0.15) is 0 Å². The van der Waals surface area contributed by atoms with Crippen molar-refractivity contribution in [2.24, 2.45) is 5.92 Å². The number of imide groups is 1. The molecule has 12 heteroatoms.